The number of nitrogens with zero attached hydrogens (tertiary/aromatic N) is 1. The van der Waals surface area contributed by atoms with Gasteiger partial charge in [0, 0.05) is 18.3 Å². The number of benzene rings is 1. The van der Waals surface area contributed by atoms with Crippen LogP contribution in [0, 0.1) is 19.8 Å². The van der Waals surface area contributed by atoms with Gasteiger partial charge in [0.05, 0.1) is 6.54 Å². The summed E-state index contributed by atoms with van der Waals surface area (Å²) in [5.74, 6) is 0.832. The van der Waals surface area contributed by atoms with Crippen molar-refractivity contribution in [2.45, 2.75) is 32.7 Å². The molecule has 0 aliphatic carbocycles. The van der Waals surface area contributed by atoms with Crippen LogP contribution < -0.4 is 10.6 Å². The number of carbonyl (C=O) groups is 1. The molecule has 2 aliphatic rings. The van der Waals surface area contributed by atoms with E-state index < -0.39 is 0 Å². The van der Waals surface area contributed by atoms with Gasteiger partial charge in [0.15, 0.2) is 0 Å². The first-order valence-corrected chi connectivity index (χ1v) is 7.95. The first kappa shape index (κ1) is 14.5. The van der Waals surface area contributed by atoms with Crippen LogP contribution in [0.15, 0.2) is 18.2 Å². The summed E-state index contributed by atoms with van der Waals surface area (Å²) in [4.78, 5) is 14.6. The Balaban J connectivity index is 1.59. The van der Waals surface area contributed by atoms with Crippen LogP contribution in [0.3, 0.4) is 0 Å². The molecule has 21 heavy (non-hydrogen) atoms. The molecule has 1 amide bonds. The highest BCUT2D eigenvalue weighted by molar-refractivity contribution is 5.92. The Labute approximate surface area is 126 Å². The molecule has 114 valence electrons. The summed E-state index contributed by atoms with van der Waals surface area (Å²) in [6.45, 7) is 7.85. The van der Waals surface area contributed by atoms with Gasteiger partial charge < -0.3 is 10.6 Å². The summed E-state index contributed by atoms with van der Waals surface area (Å²) in [5, 5.41) is 6.49. The topological polar surface area (TPSA) is 44.4 Å². The van der Waals surface area contributed by atoms with Crippen LogP contribution in [0.25, 0.3) is 0 Å². The minimum atomic E-state index is 0.103. The molecule has 4 heteroatoms. The van der Waals surface area contributed by atoms with E-state index >= 15 is 0 Å². The number of anilines is 1. The molecule has 0 radical (unpaired) electrons. The standard InChI is InChI=1S/C17H25N3O/c1-12-5-6-15(8-13(12)2)19-17(21)11-20-7-3-4-14-9-18-10-16(14)20/h5-6,8,14,16,18H,3-4,7,9-11H2,1-2H3,(H,19,21). The van der Waals surface area contributed by atoms with Gasteiger partial charge in [0.1, 0.15) is 0 Å². The summed E-state index contributed by atoms with van der Waals surface area (Å²) in [5.41, 5.74) is 3.37. The van der Waals surface area contributed by atoms with E-state index in [9.17, 15) is 4.79 Å². The lowest BCUT2D eigenvalue weighted by atomic mass is 9.92. The van der Waals surface area contributed by atoms with E-state index in [1.807, 2.05) is 12.1 Å². The van der Waals surface area contributed by atoms with E-state index in [-0.39, 0.29) is 5.91 Å². The molecular weight excluding hydrogens is 262 g/mol. The van der Waals surface area contributed by atoms with Gasteiger partial charge in [-0.2, -0.15) is 0 Å². The van der Waals surface area contributed by atoms with Crippen LogP contribution in [0.5, 0.6) is 0 Å². The van der Waals surface area contributed by atoms with Crippen molar-refractivity contribution in [1.82, 2.24) is 10.2 Å². The Kier molecular flexibility index (Phi) is 4.27. The normalized spacial score (nSPS) is 25.6. The fourth-order valence-electron chi connectivity index (χ4n) is 3.56. The number of hydrogen-bond acceptors (Lipinski definition) is 3. The highest BCUT2D eigenvalue weighted by Crippen LogP contribution is 2.26. The average molecular weight is 287 g/mol. The number of rotatable bonds is 3. The van der Waals surface area contributed by atoms with Crippen LogP contribution in [-0.2, 0) is 4.79 Å². The number of piperidine rings is 1. The van der Waals surface area contributed by atoms with Gasteiger partial charge in [0.25, 0.3) is 0 Å². The number of aryl methyl sites for hydroxylation is 2. The second kappa shape index (κ2) is 6.16. The molecule has 0 aromatic heterocycles. The molecule has 2 aliphatic heterocycles. The first-order chi connectivity index (χ1) is 10.1. The summed E-state index contributed by atoms with van der Waals surface area (Å²) in [6.07, 6.45) is 2.51. The summed E-state index contributed by atoms with van der Waals surface area (Å²) >= 11 is 0. The van der Waals surface area contributed by atoms with Crippen LogP contribution >= 0.6 is 0 Å². The van der Waals surface area contributed by atoms with E-state index in [1.165, 1.54) is 24.0 Å². The Morgan fingerprint density at radius 1 is 1.33 bits per heavy atom. The third-order valence-electron chi connectivity index (χ3n) is 4.93. The van der Waals surface area contributed by atoms with Crippen molar-refractivity contribution in [1.29, 1.82) is 0 Å². The fraction of sp³-hybridized carbons (Fsp3) is 0.588. The Bertz CT molecular complexity index is 529. The summed E-state index contributed by atoms with van der Waals surface area (Å²) in [7, 11) is 0. The zero-order valence-electron chi connectivity index (χ0n) is 13.0. The summed E-state index contributed by atoms with van der Waals surface area (Å²) < 4.78 is 0. The van der Waals surface area contributed by atoms with Crippen molar-refractivity contribution in [3.63, 3.8) is 0 Å². The van der Waals surface area contributed by atoms with Crippen LogP contribution in [0.1, 0.15) is 24.0 Å². The van der Waals surface area contributed by atoms with Crippen LogP contribution in [0.2, 0.25) is 0 Å². The Morgan fingerprint density at radius 2 is 2.19 bits per heavy atom. The molecule has 2 unspecified atom stereocenters. The van der Waals surface area contributed by atoms with E-state index in [2.05, 4.69) is 35.4 Å². The van der Waals surface area contributed by atoms with Crippen molar-refractivity contribution < 1.29 is 4.79 Å². The second-order valence-electron chi connectivity index (χ2n) is 6.45. The van der Waals surface area contributed by atoms with Gasteiger partial charge in [0.2, 0.25) is 5.91 Å². The minimum absolute atomic E-state index is 0.103. The molecule has 2 N–H and O–H groups in total. The quantitative estimate of drug-likeness (QED) is 0.893. The SMILES string of the molecule is Cc1ccc(NC(=O)CN2CCCC3CNCC32)cc1C. The molecule has 2 heterocycles. The summed E-state index contributed by atoms with van der Waals surface area (Å²) in [6, 6.07) is 6.63. The lowest BCUT2D eigenvalue weighted by Crippen LogP contribution is -2.48. The second-order valence-corrected chi connectivity index (χ2v) is 6.45. The molecule has 2 saturated heterocycles. The van der Waals surface area contributed by atoms with Gasteiger partial charge in [-0.25, -0.2) is 0 Å². The van der Waals surface area contributed by atoms with Crippen LogP contribution in [0.4, 0.5) is 5.69 Å². The highest BCUT2D eigenvalue weighted by Gasteiger charge is 2.35. The van der Waals surface area contributed by atoms with Gasteiger partial charge in [-0.1, -0.05) is 6.07 Å². The molecule has 1 aromatic carbocycles. The third kappa shape index (κ3) is 3.27. The lowest BCUT2D eigenvalue weighted by molar-refractivity contribution is -0.118. The predicted octanol–water partition coefficient (Wildman–Crippen LogP) is 1.93. The molecule has 0 saturated carbocycles. The molecule has 2 fully saturated rings. The van der Waals surface area contributed by atoms with E-state index in [1.54, 1.807) is 0 Å². The lowest BCUT2D eigenvalue weighted by Gasteiger charge is -2.36. The van der Waals surface area contributed by atoms with Crippen molar-refractivity contribution in [3.8, 4) is 0 Å². The Morgan fingerprint density at radius 3 is 3.00 bits per heavy atom. The number of nitrogens with one attached hydrogen (secondary N) is 2. The largest absolute Gasteiger partial charge is 0.325 e. The molecule has 3 rings (SSSR count). The van der Waals surface area contributed by atoms with Crippen molar-refractivity contribution >= 4 is 11.6 Å². The van der Waals surface area contributed by atoms with Crippen molar-refractivity contribution in [3.05, 3.63) is 29.3 Å². The molecular formula is C17H25N3O. The molecule has 2 atom stereocenters. The number of fused-ring (bicyclic) bond motifs is 1. The van der Waals surface area contributed by atoms with Crippen LogP contribution in [-0.4, -0.2) is 43.0 Å². The zero-order valence-corrected chi connectivity index (χ0v) is 13.0. The zero-order chi connectivity index (χ0) is 14.8. The van der Waals surface area contributed by atoms with E-state index in [0.717, 1.165) is 31.2 Å². The van der Waals surface area contributed by atoms with E-state index in [0.29, 0.717) is 12.6 Å². The maximum Gasteiger partial charge on any atom is 0.238 e. The minimum Gasteiger partial charge on any atom is -0.325 e. The van der Waals surface area contributed by atoms with Crippen molar-refractivity contribution in [2.24, 2.45) is 5.92 Å². The monoisotopic (exact) mass is 287 g/mol. The number of likely N-dealkylation sites (tertiary alicyclic amines) is 1. The van der Waals surface area contributed by atoms with Gasteiger partial charge in [-0.3, -0.25) is 9.69 Å². The molecule has 0 spiro atoms. The molecule has 0 bridgehead atoms. The maximum atomic E-state index is 12.3. The van der Waals surface area contributed by atoms with Gasteiger partial charge in [-0.05, 0) is 69.0 Å². The van der Waals surface area contributed by atoms with E-state index in [4.69, 9.17) is 0 Å². The smallest absolute Gasteiger partial charge is 0.238 e. The number of carbonyl (C=O) groups excluding carboxylic acids is 1. The maximum absolute atomic E-state index is 12.3. The average Bonchev–Trinajstić information content (AvgIpc) is 2.92. The van der Waals surface area contributed by atoms with Gasteiger partial charge in [-0.15, -0.1) is 0 Å². The van der Waals surface area contributed by atoms with Crippen molar-refractivity contribution in [2.75, 3.05) is 31.5 Å². The third-order valence-corrected chi connectivity index (χ3v) is 4.93. The first-order valence-electron chi connectivity index (χ1n) is 7.95. The number of hydrogen-bond donors (Lipinski definition) is 2. The number of amides is 1. The fourth-order valence-corrected chi connectivity index (χ4v) is 3.56. The molecule has 1 aromatic rings. The predicted molar refractivity (Wildman–Crippen MR) is 85.5 cm³/mol. The highest BCUT2D eigenvalue weighted by atomic mass is 16.2. The Hall–Kier alpha value is -1.39. The molecule has 4 nitrogen and oxygen atoms in total. The van der Waals surface area contributed by atoms with Gasteiger partial charge >= 0.3 is 0 Å².